The summed E-state index contributed by atoms with van der Waals surface area (Å²) >= 11 is 0. The van der Waals surface area contributed by atoms with E-state index in [4.69, 9.17) is 14.0 Å². The van der Waals surface area contributed by atoms with E-state index in [0.29, 0.717) is 29.7 Å². The number of carbonyl (C=O) groups is 1. The Labute approximate surface area is 171 Å². The fourth-order valence-corrected chi connectivity index (χ4v) is 3.36. The van der Waals surface area contributed by atoms with E-state index in [0.717, 1.165) is 22.3 Å². The number of aromatic nitrogens is 4. The number of amides is 1. The summed E-state index contributed by atoms with van der Waals surface area (Å²) in [5.41, 5.74) is 2.50. The molecule has 0 aliphatic carbocycles. The van der Waals surface area contributed by atoms with Gasteiger partial charge in [-0.25, -0.2) is 9.67 Å². The molecule has 4 aromatic rings. The summed E-state index contributed by atoms with van der Waals surface area (Å²) in [6.45, 7) is 5.09. The van der Waals surface area contributed by atoms with Crippen LogP contribution in [-0.4, -0.2) is 32.6 Å². The van der Waals surface area contributed by atoms with Gasteiger partial charge in [0.25, 0.3) is 5.91 Å². The van der Waals surface area contributed by atoms with Gasteiger partial charge >= 0.3 is 0 Å². The molecule has 0 spiro atoms. The number of rotatable bonds is 5. The number of fused-ring (bicyclic) bond motifs is 2. The molecule has 30 heavy (non-hydrogen) atoms. The van der Waals surface area contributed by atoms with E-state index in [1.807, 2.05) is 24.3 Å². The van der Waals surface area contributed by atoms with Crippen LogP contribution in [0.15, 0.2) is 47.2 Å². The van der Waals surface area contributed by atoms with E-state index in [1.54, 1.807) is 10.9 Å². The van der Waals surface area contributed by atoms with E-state index in [9.17, 15) is 4.79 Å². The van der Waals surface area contributed by atoms with Gasteiger partial charge in [0, 0.05) is 24.4 Å². The molecule has 4 heterocycles. The van der Waals surface area contributed by atoms with E-state index in [2.05, 4.69) is 34.4 Å². The Bertz CT molecular complexity index is 1230. The van der Waals surface area contributed by atoms with Crippen LogP contribution in [-0.2, 0) is 6.54 Å². The number of hydrogen-bond acceptors (Lipinski definition) is 7. The van der Waals surface area contributed by atoms with Gasteiger partial charge in [-0.1, -0.05) is 25.1 Å². The second-order valence-electron chi connectivity index (χ2n) is 7.42. The molecule has 0 saturated heterocycles. The van der Waals surface area contributed by atoms with Crippen LogP contribution in [0.3, 0.4) is 0 Å². The summed E-state index contributed by atoms with van der Waals surface area (Å²) in [5.74, 6) is 1.89. The van der Waals surface area contributed by atoms with Crippen molar-refractivity contribution in [3.63, 3.8) is 0 Å². The molecule has 0 unspecified atom stereocenters. The molecule has 1 aliphatic heterocycles. The van der Waals surface area contributed by atoms with Crippen LogP contribution in [0.2, 0.25) is 0 Å². The first-order valence-corrected chi connectivity index (χ1v) is 9.57. The summed E-state index contributed by atoms with van der Waals surface area (Å²) < 4.78 is 17.6. The molecule has 1 aliphatic rings. The number of ether oxygens (including phenoxy) is 2. The average molecular weight is 405 g/mol. The number of hydrogen-bond donors (Lipinski definition) is 1. The van der Waals surface area contributed by atoms with Crippen LogP contribution in [0.1, 0.15) is 24.4 Å². The maximum atomic E-state index is 12.5. The monoisotopic (exact) mass is 405 g/mol. The number of pyridine rings is 1. The van der Waals surface area contributed by atoms with Crippen molar-refractivity contribution in [1.82, 2.24) is 19.9 Å². The first-order valence-electron chi connectivity index (χ1n) is 9.57. The standard InChI is InChI=1S/C21H19N5O4/c1-12(2)10-26-20-15(19(25-26)24-21(27)17-5-6-23-30-17)7-14(9-22-20)13-3-4-16-18(8-13)29-11-28-16/h3-9,12H,10-11H2,1-2H3,(H,24,25,27). The zero-order valence-electron chi connectivity index (χ0n) is 16.5. The highest BCUT2D eigenvalue weighted by atomic mass is 16.7. The van der Waals surface area contributed by atoms with E-state index in [-0.39, 0.29) is 12.6 Å². The minimum atomic E-state index is -0.419. The normalized spacial score (nSPS) is 12.6. The molecule has 0 radical (unpaired) electrons. The molecule has 9 nitrogen and oxygen atoms in total. The fourth-order valence-electron chi connectivity index (χ4n) is 3.36. The number of nitrogens with one attached hydrogen (secondary N) is 1. The van der Waals surface area contributed by atoms with Crippen molar-refractivity contribution in [1.29, 1.82) is 0 Å². The maximum Gasteiger partial charge on any atom is 0.295 e. The van der Waals surface area contributed by atoms with Crippen LogP contribution in [0.5, 0.6) is 11.5 Å². The second-order valence-corrected chi connectivity index (χ2v) is 7.42. The third-order valence-corrected chi connectivity index (χ3v) is 4.72. The molecule has 0 atom stereocenters. The Hall–Kier alpha value is -3.88. The zero-order valence-corrected chi connectivity index (χ0v) is 16.5. The Morgan fingerprint density at radius 2 is 2.03 bits per heavy atom. The molecule has 9 heteroatoms. The van der Waals surface area contributed by atoms with Gasteiger partial charge in [0.1, 0.15) is 0 Å². The highest BCUT2D eigenvalue weighted by Gasteiger charge is 2.19. The Kier molecular flexibility index (Phi) is 4.35. The van der Waals surface area contributed by atoms with Crippen LogP contribution in [0, 0.1) is 5.92 Å². The lowest BCUT2D eigenvalue weighted by atomic mass is 10.1. The van der Waals surface area contributed by atoms with Crippen LogP contribution < -0.4 is 14.8 Å². The number of benzene rings is 1. The number of anilines is 1. The summed E-state index contributed by atoms with van der Waals surface area (Å²) in [7, 11) is 0. The highest BCUT2D eigenvalue weighted by molar-refractivity contribution is 6.06. The molecule has 3 aromatic heterocycles. The molecular weight excluding hydrogens is 386 g/mol. The quantitative estimate of drug-likeness (QED) is 0.539. The van der Waals surface area contributed by atoms with Gasteiger partial charge in [-0.05, 0) is 29.7 Å². The summed E-state index contributed by atoms with van der Waals surface area (Å²) in [5, 5.41) is 11.7. The van der Waals surface area contributed by atoms with Gasteiger partial charge in [0.15, 0.2) is 23.0 Å². The largest absolute Gasteiger partial charge is 0.454 e. The predicted molar refractivity (Wildman–Crippen MR) is 108 cm³/mol. The third kappa shape index (κ3) is 3.24. The number of carbonyl (C=O) groups excluding carboxylic acids is 1. The lowest BCUT2D eigenvalue weighted by Crippen LogP contribution is -2.12. The van der Waals surface area contributed by atoms with Gasteiger partial charge in [-0.2, -0.15) is 5.10 Å². The molecule has 0 fully saturated rings. The molecule has 152 valence electrons. The summed E-state index contributed by atoms with van der Waals surface area (Å²) in [4.78, 5) is 17.1. The van der Waals surface area contributed by atoms with Crippen LogP contribution in [0.25, 0.3) is 22.2 Å². The van der Waals surface area contributed by atoms with Crippen molar-refractivity contribution < 1.29 is 18.8 Å². The lowest BCUT2D eigenvalue weighted by Gasteiger charge is -2.06. The Morgan fingerprint density at radius 3 is 2.83 bits per heavy atom. The fraction of sp³-hybridized carbons (Fsp3) is 0.238. The SMILES string of the molecule is CC(C)Cn1nc(NC(=O)c2ccno2)c2cc(-c3ccc4c(c3)OCO4)cnc21. The lowest BCUT2D eigenvalue weighted by molar-refractivity contribution is 0.0987. The van der Waals surface area contributed by atoms with Crippen molar-refractivity contribution >= 4 is 22.8 Å². The van der Waals surface area contributed by atoms with E-state index in [1.165, 1.54) is 12.3 Å². The summed E-state index contributed by atoms with van der Waals surface area (Å²) in [6.07, 6.45) is 3.21. The van der Waals surface area contributed by atoms with Gasteiger partial charge in [0.2, 0.25) is 12.6 Å². The number of nitrogens with zero attached hydrogens (tertiary/aromatic N) is 4. The highest BCUT2D eigenvalue weighted by Crippen LogP contribution is 2.37. The minimum Gasteiger partial charge on any atom is -0.454 e. The van der Waals surface area contributed by atoms with Crippen LogP contribution >= 0.6 is 0 Å². The van der Waals surface area contributed by atoms with Crippen molar-refractivity contribution in [2.45, 2.75) is 20.4 Å². The molecule has 1 N–H and O–H groups in total. The van der Waals surface area contributed by atoms with Crippen molar-refractivity contribution in [3.8, 4) is 22.6 Å². The molecule has 0 saturated carbocycles. The van der Waals surface area contributed by atoms with Gasteiger partial charge in [-0.3, -0.25) is 4.79 Å². The molecule has 1 aromatic carbocycles. The maximum absolute atomic E-state index is 12.5. The predicted octanol–water partition coefficient (Wildman–Crippen LogP) is 3.72. The molecular formula is C21H19N5O4. The van der Waals surface area contributed by atoms with Gasteiger partial charge < -0.3 is 19.3 Å². The Morgan fingerprint density at radius 1 is 1.17 bits per heavy atom. The minimum absolute atomic E-state index is 0.112. The Balaban J connectivity index is 1.57. The van der Waals surface area contributed by atoms with Gasteiger partial charge in [-0.15, -0.1) is 0 Å². The first-order chi connectivity index (χ1) is 14.6. The van der Waals surface area contributed by atoms with Gasteiger partial charge in [0.05, 0.1) is 11.6 Å². The molecule has 1 amide bonds. The average Bonchev–Trinajstić information content (AvgIpc) is 3.48. The topological polar surface area (TPSA) is 104 Å². The van der Waals surface area contributed by atoms with Crippen molar-refractivity contribution in [3.05, 3.63) is 48.5 Å². The molecule has 0 bridgehead atoms. The van der Waals surface area contributed by atoms with E-state index < -0.39 is 5.91 Å². The second kappa shape index (κ2) is 7.18. The van der Waals surface area contributed by atoms with E-state index >= 15 is 0 Å². The third-order valence-electron chi connectivity index (χ3n) is 4.72. The summed E-state index contributed by atoms with van der Waals surface area (Å²) in [6, 6.07) is 9.19. The van der Waals surface area contributed by atoms with Crippen LogP contribution in [0.4, 0.5) is 5.82 Å². The van der Waals surface area contributed by atoms with Crippen molar-refractivity contribution in [2.75, 3.05) is 12.1 Å². The van der Waals surface area contributed by atoms with Crippen molar-refractivity contribution in [2.24, 2.45) is 5.92 Å². The molecule has 5 rings (SSSR count). The zero-order chi connectivity index (χ0) is 20.7. The first kappa shape index (κ1) is 18.2. The smallest absolute Gasteiger partial charge is 0.295 e.